The summed E-state index contributed by atoms with van der Waals surface area (Å²) in [6, 6.07) is 3.80. The molecule has 0 aliphatic heterocycles. The molecule has 96 valence electrons. The van der Waals surface area contributed by atoms with Gasteiger partial charge in [0.2, 0.25) is 0 Å². The van der Waals surface area contributed by atoms with Gasteiger partial charge in [0.05, 0.1) is 0 Å². The largest absolute Gasteiger partial charge is 0.339 e. The molecule has 18 heavy (non-hydrogen) atoms. The molecule has 2 rings (SSSR count). The van der Waals surface area contributed by atoms with Gasteiger partial charge < -0.3 is 4.57 Å². The van der Waals surface area contributed by atoms with Gasteiger partial charge in [-0.25, -0.2) is 4.39 Å². The smallest absolute Gasteiger partial charge is 0.127 e. The van der Waals surface area contributed by atoms with Crippen LogP contribution in [0.2, 0.25) is 0 Å². The predicted molar refractivity (Wildman–Crippen MR) is 76.7 cm³/mol. The number of rotatable bonds is 2. The van der Waals surface area contributed by atoms with Crippen molar-refractivity contribution in [3.63, 3.8) is 0 Å². The van der Waals surface area contributed by atoms with Crippen molar-refractivity contribution in [3.05, 3.63) is 34.2 Å². The zero-order chi connectivity index (χ0) is 13.6. The summed E-state index contributed by atoms with van der Waals surface area (Å²) >= 11 is 0. The maximum absolute atomic E-state index is 14.0. The second kappa shape index (κ2) is 4.27. The summed E-state index contributed by atoms with van der Waals surface area (Å²) in [4.78, 5) is 0. The number of aromatic nitrogens is 1. The Bertz CT molecular complexity index is 692. The summed E-state index contributed by atoms with van der Waals surface area (Å²) in [7, 11) is 0. The molecular weight excluding hydrogens is 225 g/mol. The van der Waals surface area contributed by atoms with Gasteiger partial charge in [0.15, 0.2) is 0 Å². The number of halogens is 1. The number of hydrogen-bond donors (Lipinski definition) is 0. The van der Waals surface area contributed by atoms with Crippen LogP contribution in [0, 0.1) is 5.82 Å². The third-order valence-electron chi connectivity index (χ3n) is 3.48. The molecule has 0 aliphatic carbocycles. The van der Waals surface area contributed by atoms with Crippen LogP contribution in [0.5, 0.6) is 0 Å². The van der Waals surface area contributed by atoms with Crippen molar-refractivity contribution in [1.29, 1.82) is 0 Å². The molecule has 0 N–H and O–H groups in total. The first-order valence-corrected chi connectivity index (χ1v) is 6.35. The molecule has 2 heteroatoms. The van der Waals surface area contributed by atoms with Crippen molar-refractivity contribution in [1.82, 2.24) is 4.57 Å². The van der Waals surface area contributed by atoms with Crippen LogP contribution in [-0.2, 0) is 0 Å². The van der Waals surface area contributed by atoms with Gasteiger partial charge in [-0.2, -0.15) is 0 Å². The predicted octanol–water partition coefficient (Wildman–Crippen LogP) is 3.31. The monoisotopic (exact) mass is 245 g/mol. The first-order chi connectivity index (χ1) is 8.34. The second-order valence-corrected chi connectivity index (χ2v) is 5.43. The number of hydrogen-bond acceptors (Lipinski definition) is 0. The Labute approximate surface area is 107 Å². The van der Waals surface area contributed by atoms with E-state index in [2.05, 4.69) is 31.6 Å². The van der Waals surface area contributed by atoms with E-state index in [4.69, 9.17) is 0 Å². The van der Waals surface area contributed by atoms with E-state index in [0.717, 1.165) is 27.0 Å². The van der Waals surface area contributed by atoms with Crippen molar-refractivity contribution in [2.75, 3.05) is 0 Å². The zero-order valence-electron chi connectivity index (χ0n) is 11.5. The molecule has 0 unspecified atom stereocenters. The normalized spacial score (nSPS) is 11.9. The average Bonchev–Trinajstić information content (AvgIpc) is 2.49. The van der Waals surface area contributed by atoms with Crippen LogP contribution in [0.15, 0.2) is 12.1 Å². The summed E-state index contributed by atoms with van der Waals surface area (Å²) in [6.07, 6.45) is 0. The quantitative estimate of drug-likeness (QED) is 0.765. The fourth-order valence-electron chi connectivity index (χ4n) is 2.56. The van der Waals surface area contributed by atoms with Crippen molar-refractivity contribution in [2.24, 2.45) is 0 Å². The molecule has 0 spiro atoms. The number of nitrogens with zero attached hydrogens (tertiary/aromatic N) is 1. The van der Waals surface area contributed by atoms with Crippen molar-refractivity contribution in [2.45, 2.75) is 39.7 Å². The molecule has 0 aliphatic rings. The number of benzene rings is 1. The molecule has 0 atom stereocenters. The lowest BCUT2D eigenvalue weighted by atomic mass is 10.00. The van der Waals surface area contributed by atoms with Crippen molar-refractivity contribution < 1.29 is 4.39 Å². The van der Waals surface area contributed by atoms with E-state index in [1.54, 1.807) is 6.07 Å². The maximum Gasteiger partial charge on any atom is 0.127 e. The van der Waals surface area contributed by atoms with E-state index in [9.17, 15) is 4.39 Å². The lowest BCUT2D eigenvalue weighted by Gasteiger charge is -2.07. The van der Waals surface area contributed by atoms with Gasteiger partial charge in [0.25, 0.3) is 0 Å². The van der Waals surface area contributed by atoms with Crippen molar-refractivity contribution in [3.8, 4) is 0 Å². The molecule has 1 aromatic carbocycles. The van der Waals surface area contributed by atoms with Gasteiger partial charge >= 0.3 is 0 Å². The van der Waals surface area contributed by atoms with Crippen molar-refractivity contribution >= 4 is 23.9 Å². The van der Waals surface area contributed by atoms with E-state index >= 15 is 0 Å². The molecule has 1 aromatic heterocycles. The lowest BCUT2D eigenvalue weighted by molar-refractivity contribution is 0.579. The van der Waals surface area contributed by atoms with Crippen LogP contribution in [-0.4, -0.2) is 4.57 Å². The fourth-order valence-corrected chi connectivity index (χ4v) is 2.56. The maximum atomic E-state index is 14.0. The topological polar surface area (TPSA) is 4.93 Å². The Morgan fingerprint density at radius 1 is 1.00 bits per heavy atom. The highest BCUT2D eigenvalue weighted by Crippen LogP contribution is 2.22. The molecule has 0 saturated carbocycles. The summed E-state index contributed by atoms with van der Waals surface area (Å²) in [6.45, 7) is 16.3. The lowest BCUT2D eigenvalue weighted by Crippen LogP contribution is -2.26. The Balaban J connectivity index is 2.92. The molecule has 1 nitrogen and oxygen atoms in total. The average molecular weight is 245 g/mol. The molecule has 0 bridgehead atoms. The second-order valence-electron chi connectivity index (χ2n) is 5.43. The van der Waals surface area contributed by atoms with Crippen LogP contribution >= 0.6 is 0 Å². The van der Waals surface area contributed by atoms with Gasteiger partial charge in [-0.1, -0.05) is 27.0 Å². The third-order valence-corrected chi connectivity index (χ3v) is 3.48. The SMILES string of the molecule is C=c1c2cc(F)c(C(C)C)cc2c(=C)n1C(C)C. The Morgan fingerprint density at radius 3 is 1.94 bits per heavy atom. The van der Waals surface area contributed by atoms with Gasteiger partial charge in [-0.05, 0) is 37.5 Å². The first kappa shape index (κ1) is 12.9. The zero-order valence-corrected chi connectivity index (χ0v) is 11.5. The van der Waals surface area contributed by atoms with Crippen LogP contribution in [0.3, 0.4) is 0 Å². The van der Waals surface area contributed by atoms with Crippen LogP contribution in [0.1, 0.15) is 45.2 Å². The highest BCUT2D eigenvalue weighted by molar-refractivity contribution is 5.84. The number of fused-ring (bicyclic) bond motifs is 1. The minimum absolute atomic E-state index is 0.150. The molecule has 0 radical (unpaired) electrons. The molecule has 1 heterocycles. The summed E-state index contributed by atoms with van der Waals surface area (Å²) in [5, 5.41) is 3.65. The Morgan fingerprint density at radius 2 is 1.50 bits per heavy atom. The van der Waals surface area contributed by atoms with E-state index in [0.29, 0.717) is 0 Å². The highest BCUT2D eigenvalue weighted by atomic mass is 19.1. The van der Waals surface area contributed by atoms with Gasteiger partial charge in [-0.3, -0.25) is 0 Å². The molecule has 0 fully saturated rings. The standard InChI is InChI=1S/C16H20FN/c1-9(2)13-7-14-11(5)18(10(3)4)12(6)15(14)8-16(13)17/h7-10H,5-6H2,1-4H3. The fraction of sp³-hybridized carbons (Fsp3) is 0.375. The van der Waals surface area contributed by atoms with E-state index < -0.39 is 0 Å². The molecule has 0 amide bonds. The van der Waals surface area contributed by atoms with Crippen LogP contribution in [0.25, 0.3) is 23.9 Å². The summed E-state index contributed by atoms with van der Waals surface area (Å²) in [5.74, 6) is 0.0211. The van der Waals surface area contributed by atoms with Gasteiger partial charge in [0.1, 0.15) is 5.82 Å². The van der Waals surface area contributed by atoms with Gasteiger partial charge in [-0.15, -0.1) is 0 Å². The Hall–Kier alpha value is -1.57. The van der Waals surface area contributed by atoms with Crippen LogP contribution < -0.4 is 10.7 Å². The minimum Gasteiger partial charge on any atom is -0.339 e. The van der Waals surface area contributed by atoms with Crippen LogP contribution in [0.4, 0.5) is 4.39 Å². The molecular formula is C16H20FN. The minimum atomic E-state index is -0.150. The Kier molecular flexibility index (Phi) is 3.05. The molecule has 0 saturated heterocycles. The summed E-state index contributed by atoms with van der Waals surface area (Å²) in [5.41, 5.74) is 0.744. The summed E-state index contributed by atoms with van der Waals surface area (Å²) < 4.78 is 16.1. The third kappa shape index (κ3) is 1.76. The van der Waals surface area contributed by atoms with E-state index in [-0.39, 0.29) is 17.8 Å². The van der Waals surface area contributed by atoms with Gasteiger partial charge in [0, 0.05) is 27.5 Å². The first-order valence-electron chi connectivity index (χ1n) is 6.35. The highest BCUT2D eigenvalue weighted by Gasteiger charge is 2.13. The van der Waals surface area contributed by atoms with E-state index in [1.165, 1.54) is 0 Å². The van der Waals surface area contributed by atoms with E-state index in [1.807, 2.05) is 19.9 Å². The molecule has 2 aromatic rings.